The zero-order chi connectivity index (χ0) is 12.6. The SMILES string of the molecule is C[Si](C)(F)C[Si](C)(C)c1cc(F)cc(F)c1. The van der Waals surface area contributed by atoms with E-state index in [9.17, 15) is 12.9 Å². The van der Waals surface area contributed by atoms with Crippen LogP contribution in [0, 0.1) is 11.6 Å². The van der Waals surface area contributed by atoms with E-state index in [1.165, 1.54) is 12.1 Å². The van der Waals surface area contributed by atoms with E-state index in [0.29, 0.717) is 10.9 Å². The Balaban J connectivity index is 3.06. The van der Waals surface area contributed by atoms with Crippen LogP contribution in [-0.4, -0.2) is 16.5 Å². The van der Waals surface area contributed by atoms with Gasteiger partial charge in [0.1, 0.15) is 11.6 Å². The van der Waals surface area contributed by atoms with Crippen molar-refractivity contribution in [3.8, 4) is 0 Å². The first-order valence-corrected chi connectivity index (χ1v) is 11.5. The smallest absolute Gasteiger partial charge is 0.238 e. The normalized spacial score (nSPS) is 12.9. The highest BCUT2D eigenvalue weighted by molar-refractivity contribution is 6.99. The van der Waals surface area contributed by atoms with E-state index < -0.39 is 28.1 Å². The Hall–Kier alpha value is -0.556. The molecule has 0 amide bonds. The van der Waals surface area contributed by atoms with Gasteiger partial charge in [0.2, 0.25) is 8.41 Å². The van der Waals surface area contributed by atoms with Gasteiger partial charge in [-0.05, 0) is 30.9 Å². The van der Waals surface area contributed by atoms with Crippen LogP contribution in [0.15, 0.2) is 18.2 Å². The zero-order valence-electron chi connectivity index (χ0n) is 10.1. The maximum Gasteiger partial charge on any atom is 0.238 e. The van der Waals surface area contributed by atoms with Crippen LogP contribution in [0.3, 0.4) is 0 Å². The summed E-state index contributed by atoms with van der Waals surface area (Å²) in [6.07, 6.45) is 0. The Morgan fingerprint density at radius 2 is 1.38 bits per heavy atom. The van der Waals surface area contributed by atoms with Gasteiger partial charge >= 0.3 is 0 Å². The van der Waals surface area contributed by atoms with Crippen molar-refractivity contribution in [1.29, 1.82) is 0 Å². The lowest BCUT2D eigenvalue weighted by atomic mass is 10.3. The lowest BCUT2D eigenvalue weighted by molar-refractivity contribution is 0.585. The first kappa shape index (κ1) is 13.5. The summed E-state index contributed by atoms with van der Waals surface area (Å²) in [5.41, 5.74) is 0.489. The van der Waals surface area contributed by atoms with Crippen LogP contribution in [0.2, 0.25) is 31.9 Å². The van der Waals surface area contributed by atoms with Crippen LogP contribution in [0.5, 0.6) is 0 Å². The third-order valence-electron chi connectivity index (χ3n) is 2.51. The molecule has 0 aromatic heterocycles. The summed E-state index contributed by atoms with van der Waals surface area (Å²) in [7, 11) is -4.76. The molecule has 0 aliphatic carbocycles. The Morgan fingerprint density at radius 1 is 0.938 bits per heavy atom. The highest BCUT2D eigenvalue weighted by Crippen LogP contribution is 2.21. The molecule has 0 unspecified atom stereocenters. The van der Waals surface area contributed by atoms with Crippen molar-refractivity contribution in [2.75, 3.05) is 0 Å². The molecule has 0 aliphatic heterocycles. The molecule has 0 N–H and O–H groups in total. The Kier molecular flexibility index (Phi) is 3.69. The van der Waals surface area contributed by atoms with E-state index in [0.717, 1.165) is 6.07 Å². The van der Waals surface area contributed by atoms with Gasteiger partial charge in [-0.15, -0.1) is 0 Å². The second-order valence-electron chi connectivity index (χ2n) is 5.44. The molecular weight excluding hydrogens is 245 g/mol. The molecule has 5 heteroatoms. The van der Waals surface area contributed by atoms with Gasteiger partial charge in [0, 0.05) is 6.07 Å². The van der Waals surface area contributed by atoms with Crippen LogP contribution >= 0.6 is 0 Å². The average Bonchev–Trinajstić information content (AvgIpc) is 1.96. The Morgan fingerprint density at radius 3 is 1.75 bits per heavy atom. The molecule has 1 aromatic rings. The fourth-order valence-electron chi connectivity index (χ4n) is 2.10. The molecule has 0 saturated carbocycles. The Bertz CT molecular complexity index is 363. The van der Waals surface area contributed by atoms with E-state index in [1.54, 1.807) is 13.1 Å². The van der Waals surface area contributed by atoms with Crippen molar-refractivity contribution in [2.24, 2.45) is 0 Å². The lowest BCUT2D eigenvalue weighted by Crippen LogP contribution is -2.47. The topological polar surface area (TPSA) is 0 Å². The van der Waals surface area contributed by atoms with E-state index in [2.05, 4.69) is 0 Å². The predicted molar refractivity (Wildman–Crippen MR) is 66.9 cm³/mol. The van der Waals surface area contributed by atoms with Crippen LogP contribution in [-0.2, 0) is 0 Å². The molecule has 0 atom stereocenters. The quantitative estimate of drug-likeness (QED) is 0.577. The molecule has 0 saturated heterocycles. The second kappa shape index (κ2) is 4.37. The standard InChI is InChI=1S/C11H17F3Si2/c1-15(2,8-16(3,4)14)11-6-9(12)5-10(13)7-11/h5-7H,8H2,1-4H3. The summed E-state index contributed by atoms with van der Waals surface area (Å²) in [5, 5.41) is 0.656. The summed E-state index contributed by atoms with van der Waals surface area (Å²) in [6, 6.07) is 3.54. The van der Waals surface area contributed by atoms with Crippen molar-refractivity contribution < 1.29 is 12.9 Å². The summed E-state index contributed by atoms with van der Waals surface area (Å²) in [5.74, 6) is -1.15. The highest BCUT2D eigenvalue weighted by atomic mass is 28.4. The summed E-state index contributed by atoms with van der Waals surface area (Å²) in [4.78, 5) is 0. The minimum atomic E-state index is -2.69. The average molecular weight is 262 g/mol. The van der Waals surface area contributed by atoms with Crippen molar-refractivity contribution in [3.63, 3.8) is 0 Å². The molecule has 0 nitrogen and oxygen atoms in total. The van der Waals surface area contributed by atoms with E-state index in [4.69, 9.17) is 0 Å². The minimum Gasteiger partial charge on any atom is -0.315 e. The summed E-state index contributed by atoms with van der Waals surface area (Å²) >= 11 is 0. The molecule has 0 fully saturated rings. The molecule has 16 heavy (non-hydrogen) atoms. The van der Waals surface area contributed by atoms with Gasteiger partial charge in [-0.25, -0.2) is 8.78 Å². The second-order valence-corrected chi connectivity index (χ2v) is 14.6. The number of halogens is 3. The fourth-order valence-corrected chi connectivity index (χ4v) is 12.4. The monoisotopic (exact) mass is 262 g/mol. The first-order valence-electron chi connectivity index (χ1n) is 5.26. The lowest BCUT2D eigenvalue weighted by Gasteiger charge is -2.27. The van der Waals surface area contributed by atoms with Gasteiger partial charge in [-0.2, -0.15) is 0 Å². The fraction of sp³-hybridized carbons (Fsp3) is 0.455. The molecule has 0 radical (unpaired) electrons. The van der Waals surface area contributed by atoms with E-state index in [1.807, 2.05) is 13.1 Å². The summed E-state index contributed by atoms with van der Waals surface area (Å²) < 4.78 is 39.9. The molecule has 90 valence electrons. The van der Waals surface area contributed by atoms with Crippen molar-refractivity contribution >= 4 is 21.7 Å². The van der Waals surface area contributed by atoms with E-state index >= 15 is 0 Å². The molecule has 0 heterocycles. The Labute approximate surface area is 96.7 Å². The summed E-state index contributed by atoms with van der Waals surface area (Å²) in [6.45, 7) is 7.18. The van der Waals surface area contributed by atoms with Crippen molar-refractivity contribution in [1.82, 2.24) is 0 Å². The molecule has 0 spiro atoms. The first-order chi connectivity index (χ1) is 7.10. The van der Waals surface area contributed by atoms with Crippen LogP contribution in [0.25, 0.3) is 0 Å². The van der Waals surface area contributed by atoms with Gasteiger partial charge in [0.15, 0.2) is 0 Å². The minimum absolute atomic E-state index is 0.489. The van der Waals surface area contributed by atoms with Gasteiger partial charge in [0.25, 0.3) is 0 Å². The zero-order valence-corrected chi connectivity index (χ0v) is 12.1. The molecule has 1 rings (SSSR count). The third kappa shape index (κ3) is 3.79. The molecular formula is C11H17F3Si2. The van der Waals surface area contributed by atoms with Crippen LogP contribution < -0.4 is 5.19 Å². The predicted octanol–water partition coefficient (Wildman–Crippen LogP) is 3.59. The van der Waals surface area contributed by atoms with Gasteiger partial charge in [0.05, 0.1) is 8.07 Å². The van der Waals surface area contributed by atoms with Crippen molar-refractivity contribution in [2.45, 2.75) is 31.9 Å². The maximum absolute atomic E-state index is 13.8. The maximum atomic E-state index is 13.8. The number of hydrogen-bond donors (Lipinski definition) is 0. The number of benzene rings is 1. The van der Waals surface area contributed by atoms with Gasteiger partial charge in [-0.3, -0.25) is 0 Å². The highest BCUT2D eigenvalue weighted by Gasteiger charge is 2.34. The van der Waals surface area contributed by atoms with Crippen LogP contribution in [0.4, 0.5) is 12.9 Å². The molecule has 0 bridgehead atoms. The van der Waals surface area contributed by atoms with E-state index in [-0.39, 0.29) is 0 Å². The number of rotatable bonds is 3. The number of hydrogen-bond acceptors (Lipinski definition) is 0. The van der Waals surface area contributed by atoms with Gasteiger partial charge < -0.3 is 4.11 Å². The molecule has 1 aromatic carbocycles. The van der Waals surface area contributed by atoms with Crippen molar-refractivity contribution in [3.05, 3.63) is 29.8 Å². The third-order valence-corrected chi connectivity index (χ3v) is 11.3. The largest absolute Gasteiger partial charge is 0.315 e. The van der Waals surface area contributed by atoms with Gasteiger partial charge in [-0.1, -0.05) is 18.3 Å². The van der Waals surface area contributed by atoms with Crippen LogP contribution in [0.1, 0.15) is 0 Å². The molecule has 0 aliphatic rings.